The number of anilines is 1. The summed E-state index contributed by atoms with van der Waals surface area (Å²) in [6, 6.07) is 8.03. The zero-order chi connectivity index (χ0) is 14.8. The summed E-state index contributed by atoms with van der Waals surface area (Å²) in [5.41, 5.74) is 9.06. The van der Waals surface area contributed by atoms with Crippen LogP contribution in [-0.2, 0) is 4.79 Å². The Labute approximate surface area is 120 Å². The highest BCUT2D eigenvalue weighted by molar-refractivity contribution is 5.78. The van der Waals surface area contributed by atoms with Crippen molar-refractivity contribution >= 4 is 18.0 Å². The quantitative estimate of drug-likeness (QED) is 0.473. The number of allylic oxidation sites excluding steroid dienone is 6. The van der Waals surface area contributed by atoms with Crippen molar-refractivity contribution in [2.24, 2.45) is 5.73 Å². The second kappa shape index (κ2) is 8.53. The van der Waals surface area contributed by atoms with E-state index in [2.05, 4.69) is 5.32 Å². The van der Waals surface area contributed by atoms with E-state index in [1.807, 2.05) is 50.4 Å². The van der Waals surface area contributed by atoms with Gasteiger partial charge in [0.05, 0.1) is 0 Å². The Hall–Kier alpha value is -2.55. The van der Waals surface area contributed by atoms with Crippen LogP contribution in [0, 0.1) is 0 Å². The molecule has 3 nitrogen and oxygen atoms in total. The first-order valence-electron chi connectivity index (χ1n) is 6.41. The lowest BCUT2D eigenvalue weighted by atomic mass is 10.2. The zero-order valence-electron chi connectivity index (χ0n) is 11.8. The molecule has 0 unspecified atom stereocenters. The summed E-state index contributed by atoms with van der Waals surface area (Å²) in [5, 5.41) is 3.07. The maximum Gasteiger partial charge on any atom is 0.150 e. The topological polar surface area (TPSA) is 55.1 Å². The maximum atomic E-state index is 10.8. The Bertz CT molecular complexity index is 549. The summed E-state index contributed by atoms with van der Waals surface area (Å²) in [6.45, 7) is 1.85. The number of hydrogen-bond donors (Lipinski definition) is 2. The Morgan fingerprint density at radius 1 is 1.25 bits per heavy atom. The molecule has 20 heavy (non-hydrogen) atoms. The van der Waals surface area contributed by atoms with Crippen molar-refractivity contribution < 1.29 is 4.79 Å². The first kappa shape index (κ1) is 15.5. The van der Waals surface area contributed by atoms with Crippen LogP contribution in [0.15, 0.2) is 65.9 Å². The molecule has 0 aromatic heterocycles. The second-order valence-electron chi connectivity index (χ2n) is 4.16. The molecule has 0 atom stereocenters. The van der Waals surface area contributed by atoms with E-state index in [0.29, 0.717) is 11.3 Å². The van der Waals surface area contributed by atoms with E-state index >= 15 is 0 Å². The Morgan fingerprint density at radius 2 is 1.95 bits per heavy atom. The standard InChI is InChI=1S/C17H20N2O/c1-3-5-15(13-20)12-16(18)7-4-6-14-8-10-17(19-2)11-9-14/h3-13,19H,18H2,1-2H3/b5-3-,6-4+,15-12+,16-7-. The molecule has 0 heterocycles. The zero-order valence-corrected chi connectivity index (χ0v) is 11.8. The minimum absolute atomic E-state index is 0.535. The molecule has 1 rings (SSSR count). The molecular formula is C17H20N2O. The van der Waals surface area contributed by atoms with Crippen LogP contribution in [0.25, 0.3) is 6.08 Å². The molecule has 3 heteroatoms. The largest absolute Gasteiger partial charge is 0.399 e. The number of aldehydes is 1. The first-order chi connectivity index (χ1) is 9.69. The summed E-state index contributed by atoms with van der Waals surface area (Å²) < 4.78 is 0. The SMILES string of the molecule is C\C=C/C(C=O)=C\C(N)=C\C=C\c1ccc(NC)cc1. The third-order valence-corrected chi connectivity index (χ3v) is 2.61. The third-order valence-electron chi connectivity index (χ3n) is 2.61. The van der Waals surface area contributed by atoms with Gasteiger partial charge in [0.15, 0.2) is 0 Å². The van der Waals surface area contributed by atoms with Crippen LogP contribution in [0.4, 0.5) is 5.69 Å². The number of hydrogen-bond acceptors (Lipinski definition) is 3. The molecule has 1 aromatic carbocycles. The van der Waals surface area contributed by atoms with Crippen LogP contribution >= 0.6 is 0 Å². The lowest BCUT2D eigenvalue weighted by Gasteiger charge is -1.99. The van der Waals surface area contributed by atoms with Gasteiger partial charge in [0.25, 0.3) is 0 Å². The van der Waals surface area contributed by atoms with Gasteiger partial charge in [0, 0.05) is 24.0 Å². The van der Waals surface area contributed by atoms with Crippen molar-refractivity contribution in [2.75, 3.05) is 12.4 Å². The van der Waals surface area contributed by atoms with Crippen molar-refractivity contribution in [3.63, 3.8) is 0 Å². The maximum absolute atomic E-state index is 10.8. The molecular weight excluding hydrogens is 248 g/mol. The van der Waals surface area contributed by atoms with E-state index in [0.717, 1.165) is 17.5 Å². The number of benzene rings is 1. The van der Waals surface area contributed by atoms with Crippen LogP contribution in [0.2, 0.25) is 0 Å². The predicted octanol–water partition coefficient (Wildman–Crippen LogP) is 3.29. The fourth-order valence-corrected chi connectivity index (χ4v) is 1.59. The van der Waals surface area contributed by atoms with Crippen molar-refractivity contribution in [3.8, 4) is 0 Å². The molecule has 0 aliphatic heterocycles. The fraction of sp³-hybridized carbons (Fsp3) is 0.118. The molecule has 104 valence electrons. The van der Waals surface area contributed by atoms with Crippen LogP contribution in [0.5, 0.6) is 0 Å². The highest BCUT2D eigenvalue weighted by atomic mass is 16.1. The monoisotopic (exact) mass is 268 g/mol. The lowest BCUT2D eigenvalue weighted by Crippen LogP contribution is -1.94. The molecule has 0 aliphatic carbocycles. The number of carbonyl (C=O) groups is 1. The molecule has 0 bridgehead atoms. The molecule has 0 saturated heterocycles. The first-order valence-corrected chi connectivity index (χ1v) is 6.41. The number of carbonyl (C=O) groups excluding carboxylic acids is 1. The van der Waals surface area contributed by atoms with Crippen molar-refractivity contribution in [2.45, 2.75) is 6.92 Å². The van der Waals surface area contributed by atoms with Crippen LogP contribution in [-0.4, -0.2) is 13.3 Å². The van der Waals surface area contributed by atoms with Gasteiger partial charge in [-0.25, -0.2) is 0 Å². The summed E-state index contributed by atoms with van der Waals surface area (Å²) >= 11 is 0. The third kappa shape index (κ3) is 5.40. The van der Waals surface area contributed by atoms with E-state index in [-0.39, 0.29) is 0 Å². The van der Waals surface area contributed by atoms with E-state index in [1.165, 1.54) is 0 Å². The highest BCUT2D eigenvalue weighted by Gasteiger charge is 1.90. The summed E-state index contributed by atoms with van der Waals surface area (Å²) in [4.78, 5) is 10.8. The van der Waals surface area contributed by atoms with E-state index in [1.54, 1.807) is 24.3 Å². The Kier molecular flexibility index (Phi) is 6.62. The van der Waals surface area contributed by atoms with Gasteiger partial charge in [-0.15, -0.1) is 0 Å². The molecule has 0 spiro atoms. The summed E-state index contributed by atoms with van der Waals surface area (Å²) in [7, 11) is 1.88. The molecule has 0 aliphatic rings. The molecule has 3 N–H and O–H groups in total. The van der Waals surface area contributed by atoms with Gasteiger partial charge in [-0.2, -0.15) is 0 Å². The molecule has 1 aromatic rings. The van der Waals surface area contributed by atoms with E-state index in [4.69, 9.17) is 5.73 Å². The molecule has 0 saturated carbocycles. The number of rotatable bonds is 6. The number of nitrogens with two attached hydrogens (primary N) is 1. The van der Waals surface area contributed by atoms with Crippen molar-refractivity contribution in [1.82, 2.24) is 0 Å². The van der Waals surface area contributed by atoms with Gasteiger partial charge in [0.2, 0.25) is 0 Å². The minimum atomic E-state index is 0.535. The van der Waals surface area contributed by atoms with E-state index < -0.39 is 0 Å². The lowest BCUT2D eigenvalue weighted by molar-refractivity contribution is -0.104. The normalized spacial score (nSPS) is 13.1. The van der Waals surface area contributed by atoms with Crippen LogP contribution < -0.4 is 11.1 Å². The van der Waals surface area contributed by atoms with Gasteiger partial charge in [-0.1, -0.05) is 36.4 Å². The smallest absolute Gasteiger partial charge is 0.150 e. The second-order valence-corrected chi connectivity index (χ2v) is 4.16. The average molecular weight is 268 g/mol. The van der Waals surface area contributed by atoms with Crippen molar-refractivity contribution in [1.29, 1.82) is 0 Å². The van der Waals surface area contributed by atoms with Crippen molar-refractivity contribution in [3.05, 3.63) is 71.5 Å². The van der Waals surface area contributed by atoms with Gasteiger partial charge in [-0.3, -0.25) is 4.79 Å². The fourth-order valence-electron chi connectivity index (χ4n) is 1.59. The molecule has 0 radical (unpaired) electrons. The van der Waals surface area contributed by atoms with Gasteiger partial charge >= 0.3 is 0 Å². The Balaban J connectivity index is 2.74. The molecule has 0 fully saturated rings. The van der Waals surface area contributed by atoms with Gasteiger partial charge in [0.1, 0.15) is 6.29 Å². The van der Waals surface area contributed by atoms with Gasteiger partial charge < -0.3 is 11.1 Å². The van der Waals surface area contributed by atoms with Crippen LogP contribution in [0.3, 0.4) is 0 Å². The minimum Gasteiger partial charge on any atom is -0.399 e. The highest BCUT2D eigenvalue weighted by Crippen LogP contribution is 2.10. The Morgan fingerprint density at radius 3 is 2.50 bits per heavy atom. The molecule has 0 amide bonds. The van der Waals surface area contributed by atoms with E-state index in [9.17, 15) is 4.79 Å². The van der Waals surface area contributed by atoms with Gasteiger partial charge in [-0.05, 0) is 36.8 Å². The predicted molar refractivity (Wildman–Crippen MR) is 86.3 cm³/mol. The summed E-state index contributed by atoms with van der Waals surface area (Å²) in [6.07, 6.45) is 11.5. The average Bonchev–Trinajstić information content (AvgIpc) is 2.47. The summed E-state index contributed by atoms with van der Waals surface area (Å²) in [5.74, 6) is 0. The number of nitrogens with one attached hydrogen (secondary N) is 1. The van der Waals surface area contributed by atoms with Crippen LogP contribution in [0.1, 0.15) is 12.5 Å².